The molecule has 0 spiro atoms. The predicted molar refractivity (Wildman–Crippen MR) is 37.1 cm³/mol. The molecule has 9 heavy (non-hydrogen) atoms. The summed E-state index contributed by atoms with van der Waals surface area (Å²) in [5.74, 6) is 0.542. The molecule has 0 bridgehead atoms. The maximum atomic E-state index is 9.24. The van der Waals surface area contributed by atoms with Crippen LogP contribution in [0.15, 0.2) is 0 Å². The molecule has 1 heterocycles. The van der Waals surface area contributed by atoms with Gasteiger partial charge in [0.15, 0.2) is 0 Å². The minimum atomic E-state index is -1.64. The van der Waals surface area contributed by atoms with Crippen molar-refractivity contribution in [2.45, 2.75) is 31.7 Å². The van der Waals surface area contributed by atoms with Gasteiger partial charge in [0, 0.05) is 0 Å². The SMILES string of the molecule is CC1O[Se](O)[C@@H](C)C1C. The van der Waals surface area contributed by atoms with Crippen LogP contribution in [0.2, 0.25) is 4.82 Å². The van der Waals surface area contributed by atoms with Crippen LogP contribution >= 0.6 is 0 Å². The summed E-state index contributed by atoms with van der Waals surface area (Å²) in [5.41, 5.74) is 0. The number of hydrogen-bond donors (Lipinski definition) is 1. The molecule has 55 valence electrons. The topological polar surface area (TPSA) is 29.5 Å². The monoisotopic (exact) mass is 197 g/mol. The van der Waals surface area contributed by atoms with Crippen LogP contribution in [-0.4, -0.2) is 24.9 Å². The summed E-state index contributed by atoms with van der Waals surface area (Å²) in [6.45, 7) is 6.23. The molecule has 1 radical (unpaired) electrons. The first-order valence-corrected chi connectivity index (χ1v) is 5.67. The summed E-state index contributed by atoms with van der Waals surface area (Å²) in [5, 5.41) is 0. The average Bonchev–Trinajstić information content (AvgIpc) is 1.98. The molecule has 0 amide bonds. The number of rotatable bonds is 0. The zero-order valence-electron chi connectivity index (χ0n) is 6.00. The Labute approximate surface area is 60.7 Å². The third-order valence-corrected chi connectivity index (χ3v) is 5.34. The van der Waals surface area contributed by atoms with Crippen molar-refractivity contribution in [3.8, 4) is 0 Å². The van der Waals surface area contributed by atoms with Gasteiger partial charge in [0.2, 0.25) is 0 Å². The molecule has 0 aliphatic carbocycles. The fraction of sp³-hybridized carbons (Fsp3) is 1.00. The zero-order valence-corrected chi connectivity index (χ0v) is 7.71. The van der Waals surface area contributed by atoms with E-state index in [1.54, 1.807) is 0 Å². The van der Waals surface area contributed by atoms with Gasteiger partial charge in [-0.15, -0.1) is 0 Å². The Hall–Kier alpha value is 0.439. The Morgan fingerprint density at radius 3 is 2.00 bits per heavy atom. The van der Waals surface area contributed by atoms with E-state index in [9.17, 15) is 4.19 Å². The van der Waals surface area contributed by atoms with Crippen LogP contribution in [-0.2, 0) is 3.82 Å². The van der Waals surface area contributed by atoms with Crippen LogP contribution < -0.4 is 0 Å². The third kappa shape index (κ3) is 1.29. The molecule has 1 fully saturated rings. The second-order valence-corrected chi connectivity index (χ2v) is 5.76. The quantitative estimate of drug-likeness (QED) is 0.583. The zero-order chi connectivity index (χ0) is 7.02. The van der Waals surface area contributed by atoms with Crippen molar-refractivity contribution in [3.05, 3.63) is 0 Å². The van der Waals surface area contributed by atoms with Gasteiger partial charge in [0.25, 0.3) is 0 Å². The summed E-state index contributed by atoms with van der Waals surface area (Å²) >= 11 is -1.64. The molecule has 0 aromatic rings. The first-order chi connectivity index (χ1) is 4.13. The number of hydrogen-bond acceptors (Lipinski definition) is 2. The first kappa shape index (κ1) is 7.55. The van der Waals surface area contributed by atoms with Gasteiger partial charge in [-0.25, -0.2) is 0 Å². The van der Waals surface area contributed by atoms with E-state index in [0.29, 0.717) is 10.7 Å². The molecular formula is C6H13O2Se. The summed E-state index contributed by atoms with van der Waals surface area (Å²) < 4.78 is 14.5. The van der Waals surface area contributed by atoms with E-state index in [4.69, 9.17) is 3.82 Å². The van der Waals surface area contributed by atoms with E-state index >= 15 is 0 Å². The van der Waals surface area contributed by atoms with E-state index in [0.717, 1.165) is 0 Å². The second kappa shape index (κ2) is 2.59. The molecule has 2 unspecified atom stereocenters. The molecule has 3 heteroatoms. The average molecular weight is 196 g/mol. The van der Waals surface area contributed by atoms with Crippen LogP contribution in [0.3, 0.4) is 0 Å². The van der Waals surface area contributed by atoms with Crippen LogP contribution in [0.1, 0.15) is 20.8 Å². The summed E-state index contributed by atoms with van der Waals surface area (Å²) in [4.78, 5) is 0.417. The molecular weight excluding hydrogens is 183 g/mol. The Kier molecular flexibility index (Phi) is 2.17. The molecule has 1 aliphatic heterocycles. The van der Waals surface area contributed by atoms with Gasteiger partial charge < -0.3 is 0 Å². The van der Waals surface area contributed by atoms with Crippen molar-refractivity contribution in [1.82, 2.24) is 0 Å². The molecule has 0 aromatic heterocycles. The molecule has 2 nitrogen and oxygen atoms in total. The van der Waals surface area contributed by atoms with Gasteiger partial charge >= 0.3 is 60.2 Å². The van der Waals surface area contributed by atoms with Crippen LogP contribution in [0, 0.1) is 5.92 Å². The van der Waals surface area contributed by atoms with E-state index in [1.807, 2.05) is 6.92 Å². The van der Waals surface area contributed by atoms with E-state index < -0.39 is 14.6 Å². The van der Waals surface area contributed by atoms with Gasteiger partial charge in [-0.1, -0.05) is 0 Å². The van der Waals surface area contributed by atoms with Gasteiger partial charge in [0.1, 0.15) is 0 Å². The fourth-order valence-corrected chi connectivity index (χ4v) is 3.52. The Morgan fingerprint density at radius 2 is 1.89 bits per heavy atom. The Balaban J connectivity index is 2.54. The molecule has 1 saturated heterocycles. The summed E-state index contributed by atoms with van der Waals surface area (Å²) in [6.07, 6.45) is 0.273. The van der Waals surface area contributed by atoms with Crippen molar-refractivity contribution in [2.75, 3.05) is 0 Å². The van der Waals surface area contributed by atoms with E-state index in [-0.39, 0.29) is 6.10 Å². The second-order valence-electron chi connectivity index (χ2n) is 2.64. The van der Waals surface area contributed by atoms with E-state index in [2.05, 4.69) is 13.8 Å². The molecule has 1 aliphatic rings. The van der Waals surface area contributed by atoms with Crippen molar-refractivity contribution >= 4 is 14.6 Å². The van der Waals surface area contributed by atoms with Crippen molar-refractivity contribution < 1.29 is 8.01 Å². The molecule has 0 saturated carbocycles. The van der Waals surface area contributed by atoms with Gasteiger partial charge in [-0.05, 0) is 0 Å². The Bertz CT molecular complexity index is 95.2. The fourth-order valence-electron chi connectivity index (χ4n) is 0.896. The molecule has 3 atom stereocenters. The van der Waals surface area contributed by atoms with Gasteiger partial charge in [0.05, 0.1) is 0 Å². The molecule has 1 N–H and O–H groups in total. The minimum absolute atomic E-state index is 0.273. The van der Waals surface area contributed by atoms with Crippen molar-refractivity contribution in [3.63, 3.8) is 0 Å². The third-order valence-electron chi connectivity index (χ3n) is 2.05. The normalized spacial score (nSPS) is 46.0. The van der Waals surface area contributed by atoms with Gasteiger partial charge in [-0.3, -0.25) is 0 Å². The van der Waals surface area contributed by atoms with Crippen molar-refractivity contribution in [1.29, 1.82) is 0 Å². The van der Waals surface area contributed by atoms with Crippen LogP contribution in [0.4, 0.5) is 0 Å². The predicted octanol–water partition coefficient (Wildman–Crippen LogP) is 0.912. The van der Waals surface area contributed by atoms with E-state index in [1.165, 1.54) is 0 Å². The Morgan fingerprint density at radius 1 is 1.33 bits per heavy atom. The van der Waals surface area contributed by atoms with Crippen molar-refractivity contribution in [2.24, 2.45) is 5.92 Å². The van der Waals surface area contributed by atoms with Crippen LogP contribution in [0.25, 0.3) is 0 Å². The maximum absolute atomic E-state index is 9.24. The standard InChI is InChI=1S/C6H13O2Se/c1-4-5(2)8-9(7)6(4)3/h4-7H,1-3H3/t4?,5?,6-/m0/s1. The molecule has 0 aromatic carbocycles. The summed E-state index contributed by atoms with van der Waals surface area (Å²) in [7, 11) is 0. The van der Waals surface area contributed by atoms with Gasteiger partial charge in [-0.2, -0.15) is 0 Å². The molecule has 1 rings (SSSR count). The van der Waals surface area contributed by atoms with Crippen LogP contribution in [0.5, 0.6) is 0 Å². The summed E-state index contributed by atoms with van der Waals surface area (Å²) in [6, 6.07) is 0. The first-order valence-electron chi connectivity index (χ1n) is 3.22.